The first-order valence-corrected chi connectivity index (χ1v) is 7.16. The highest BCUT2D eigenvalue weighted by Crippen LogP contribution is 2.23. The molecule has 0 aliphatic rings. The van der Waals surface area contributed by atoms with Crippen molar-refractivity contribution in [3.8, 4) is 5.75 Å². The van der Waals surface area contributed by atoms with Crippen LogP contribution in [0.4, 0.5) is 5.69 Å². The second kappa shape index (κ2) is 9.21. The van der Waals surface area contributed by atoms with Gasteiger partial charge in [0.2, 0.25) is 0 Å². The molecule has 0 heterocycles. The molecule has 2 N–H and O–H groups in total. The summed E-state index contributed by atoms with van der Waals surface area (Å²) in [6, 6.07) is 6.05. The molecule has 1 aromatic rings. The van der Waals surface area contributed by atoms with Crippen molar-refractivity contribution in [3.63, 3.8) is 0 Å². The van der Waals surface area contributed by atoms with Crippen LogP contribution in [0, 0.1) is 0 Å². The van der Waals surface area contributed by atoms with Crippen LogP contribution in [0.15, 0.2) is 43.5 Å². The van der Waals surface area contributed by atoms with Gasteiger partial charge in [0.05, 0.1) is 12.3 Å². The highest BCUT2D eigenvalue weighted by molar-refractivity contribution is 5.54. The van der Waals surface area contributed by atoms with Crippen molar-refractivity contribution in [2.45, 2.75) is 19.8 Å². The van der Waals surface area contributed by atoms with Gasteiger partial charge in [0.15, 0.2) is 0 Å². The molecule has 0 aromatic heterocycles. The van der Waals surface area contributed by atoms with Crippen molar-refractivity contribution in [2.24, 2.45) is 0 Å². The van der Waals surface area contributed by atoms with Crippen LogP contribution in [0.1, 0.15) is 18.9 Å². The first-order valence-electron chi connectivity index (χ1n) is 7.16. The van der Waals surface area contributed by atoms with E-state index in [0.717, 1.165) is 43.9 Å². The topological polar surface area (TPSA) is 38.5 Å². The lowest BCUT2D eigenvalue weighted by atomic mass is 10.1. The molecular weight excluding hydrogens is 248 g/mol. The summed E-state index contributed by atoms with van der Waals surface area (Å²) in [5, 5.41) is 0. The molecule has 0 spiro atoms. The fourth-order valence-corrected chi connectivity index (χ4v) is 2.01. The number of hydrogen-bond acceptors (Lipinski definition) is 3. The largest absolute Gasteiger partial charge is 0.491 e. The summed E-state index contributed by atoms with van der Waals surface area (Å²) in [5.74, 6) is 0.782. The Morgan fingerprint density at radius 2 is 1.95 bits per heavy atom. The zero-order valence-corrected chi connectivity index (χ0v) is 12.5. The Labute approximate surface area is 122 Å². The van der Waals surface area contributed by atoms with Crippen LogP contribution in [-0.4, -0.2) is 31.1 Å². The molecule has 0 atom stereocenters. The minimum Gasteiger partial charge on any atom is -0.491 e. The highest BCUT2D eigenvalue weighted by Gasteiger charge is 2.04. The van der Waals surface area contributed by atoms with Crippen molar-refractivity contribution in [1.82, 2.24) is 4.90 Å². The normalized spacial score (nSPS) is 10.5. The van der Waals surface area contributed by atoms with Crippen molar-refractivity contribution >= 4 is 5.69 Å². The van der Waals surface area contributed by atoms with Gasteiger partial charge in [-0.1, -0.05) is 25.1 Å². The molecule has 0 radical (unpaired) electrons. The maximum absolute atomic E-state index is 6.01. The van der Waals surface area contributed by atoms with Gasteiger partial charge in [-0.15, -0.1) is 13.2 Å². The molecule has 3 heteroatoms. The summed E-state index contributed by atoms with van der Waals surface area (Å²) in [5.41, 5.74) is 7.96. The summed E-state index contributed by atoms with van der Waals surface area (Å²) >= 11 is 0. The molecule has 0 saturated heterocycles. The maximum atomic E-state index is 6.01. The van der Waals surface area contributed by atoms with Crippen molar-refractivity contribution < 1.29 is 4.74 Å². The van der Waals surface area contributed by atoms with Crippen LogP contribution >= 0.6 is 0 Å². The van der Waals surface area contributed by atoms with Crippen LogP contribution in [0.3, 0.4) is 0 Å². The molecular formula is C17H26N2O. The summed E-state index contributed by atoms with van der Waals surface area (Å²) in [6.45, 7) is 13.1. The van der Waals surface area contributed by atoms with E-state index in [1.807, 2.05) is 24.3 Å². The third-order valence-corrected chi connectivity index (χ3v) is 3.03. The first-order chi connectivity index (χ1) is 9.71. The summed E-state index contributed by atoms with van der Waals surface area (Å²) in [4.78, 5) is 2.29. The van der Waals surface area contributed by atoms with E-state index in [0.29, 0.717) is 6.61 Å². The molecule has 0 aliphatic heterocycles. The number of nitrogens with zero attached hydrogens (tertiary/aromatic N) is 1. The highest BCUT2D eigenvalue weighted by atomic mass is 16.5. The Morgan fingerprint density at radius 1 is 1.25 bits per heavy atom. The summed E-state index contributed by atoms with van der Waals surface area (Å²) < 4.78 is 5.58. The number of ether oxygens (including phenoxy) is 1. The monoisotopic (exact) mass is 274 g/mol. The number of anilines is 1. The fraction of sp³-hybridized carbons (Fsp3) is 0.412. The number of hydrogen-bond donors (Lipinski definition) is 1. The second-order valence-electron chi connectivity index (χ2n) is 4.81. The van der Waals surface area contributed by atoms with E-state index in [1.54, 1.807) is 0 Å². The van der Waals surface area contributed by atoms with E-state index in [1.165, 1.54) is 5.56 Å². The molecule has 0 fully saturated rings. The second-order valence-corrected chi connectivity index (χ2v) is 4.81. The van der Waals surface area contributed by atoms with Gasteiger partial charge in [-0.3, -0.25) is 4.90 Å². The van der Waals surface area contributed by atoms with Crippen molar-refractivity contribution in [1.29, 1.82) is 0 Å². The van der Waals surface area contributed by atoms with E-state index < -0.39 is 0 Å². The smallest absolute Gasteiger partial charge is 0.142 e. The third kappa shape index (κ3) is 5.49. The first kappa shape index (κ1) is 16.3. The number of nitrogens with two attached hydrogens (primary N) is 1. The molecule has 0 bridgehead atoms. The standard InChI is InChI=1S/C17H26N2O/c1-4-10-19(11-5-2)12-9-15-7-8-17(16(18)14-15)20-13-6-3/h4-5,7-8,14H,1-2,6,9-13,18H2,3H3. The fourth-order valence-electron chi connectivity index (χ4n) is 2.01. The van der Waals surface area contributed by atoms with Gasteiger partial charge in [-0.05, 0) is 30.5 Å². The van der Waals surface area contributed by atoms with Gasteiger partial charge in [-0.25, -0.2) is 0 Å². The number of rotatable bonds is 10. The SMILES string of the molecule is C=CCN(CC=C)CCc1ccc(OCCC)c(N)c1. The van der Waals surface area contributed by atoms with Gasteiger partial charge < -0.3 is 10.5 Å². The quantitative estimate of drug-likeness (QED) is 0.525. The summed E-state index contributed by atoms with van der Waals surface area (Å²) in [6.07, 6.45) is 5.78. The van der Waals surface area contributed by atoms with Gasteiger partial charge in [0, 0.05) is 19.6 Å². The molecule has 0 saturated carbocycles. The van der Waals surface area contributed by atoms with Gasteiger partial charge in [0.1, 0.15) is 5.75 Å². The Balaban J connectivity index is 2.57. The minimum absolute atomic E-state index is 0.704. The zero-order valence-electron chi connectivity index (χ0n) is 12.5. The Morgan fingerprint density at radius 3 is 2.50 bits per heavy atom. The molecule has 0 aliphatic carbocycles. The van der Waals surface area contributed by atoms with E-state index in [4.69, 9.17) is 10.5 Å². The number of benzene rings is 1. The van der Waals surface area contributed by atoms with Crippen LogP contribution in [-0.2, 0) is 6.42 Å². The molecule has 20 heavy (non-hydrogen) atoms. The van der Waals surface area contributed by atoms with Gasteiger partial charge >= 0.3 is 0 Å². The molecule has 1 rings (SSSR count). The Hall–Kier alpha value is -1.74. The van der Waals surface area contributed by atoms with Crippen LogP contribution in [0.2, 0.25) is 0 Å². The summed E-state index contributed by atoms with van der Waals surface area (Å²) in [7, 11) is 0. The molecule has 1 aromatic carbocycles. The zero-order chi connectivity index (χ0) is 14.8. The average Bonchev–Trinajstić information content (AvgIpc) is 2.44. The van der Waals surface area contributed by atoms with Crippen LogP contribution < -0.4 is 10.5 Å². The van der Waals surface area contributed by atoms with Crippen LogP contribution in [0.25, 0.3) is 0 Å². The Bertz CT molecular complexity index is 419. The average molecular weight is 274 g/mol. The lowest BCUT2D eigenvalue weighted by Crippen LogP contribution is -2.26. The van der Waals surface area contributed by atoms with Crippen LogP contribution in [0.5, 0.6) is 5.75 Å². The van der Waals surface area contributed by atoms with Gasteiger partial charge in [-0.2, -0.15) is 0 Å². The van der Waals surface area contributed by atoms with Crippen molar-refractivity contribution in [2.75, 3.05) is 32.0 Å². The molecule has 110 valence electrons. The molecule has 0 unspecified atom stereocenters. The van der Waals surface area contributed by atoms with E-state index in [-0.39, 0.29) is 0 Å². The Kier molecular flexibility index (Phi) is 7.51. The predicted molar refractivity (Wildman–Crippen MR) is 87.2 cm³/mol. The lowest BCUT2D eigenvalue weighted by Gasteiger charge is -2.18. The predicted octanol–water partition coefficient (Wildman–Crippen LogP) is 3.27. The lowest BCUT2D eigenvalue weighted by molar-refractivity contribution is 0.319. The van der Waals surface area contributed by atoms with E-state index >= 15 is 0 Å². The maximum Gasteiger partial charge on any atom is 0.142 e. The van der Waals surface area contributed by atoms with Crippen molar-refractivity contribution in [3.05, 3.63) is 49.1 Å². The third-order valence-electron chi connectivity index (χ3n) is 3.03. The van der Waals surface area contributed by atoms with Gasteiger partial charge in [0.25, 0.3) is 0 Å². The van der Waals surface area contributed by atoms with E-state index in [9.17, 15) is 0 Å². The molecule has 3 nitrogen and oxygen atoms in total. The number of nitrogen functional groups attached to an aromatic ring is 1. The minimum atomic E-state index is 0.704. The molecule has 0 amide bonds. The van der Waals surface area contributed by atoms with E-state index in [2.05, 4.69) is 31.0 Å².